The van der Waals surface area contributed by atoms with Crippen molar-refractivity contribution in [2.45, 2.75) is 32.6 Å². The molecule has 17 heavy (non-hydrogen) atoms. The first-order valence-corrected chi connectivity index (χ1v) is 6.05. The van der Waals surface area contributed by atoms with Crippen LogP contribution in [0.4, 0.5) is 0 Å². The molecule has 0 saturated carbocycles. The Balaban J connectivity index is 2.76. The molecule has 0 saturated heterocycles. The molecule has 2 nitrogen and oxygen atoms in total. The van der Waals surface area contributed by atoms with Gasteiger partial charge in [-0.1, -0.05) is 31.9 Å². The van der Waals surface area contributed by atoms with Crippen LogP contribution in [0.25, 0.3) is 5.57 Å². The molecule has 0 N–H and O–H groups in total. The lowest BCUT2D eigenvalue weighted by Crippen LogP contribution is -1.87. The van der Waals surface area contributed by atoms with Gasteiger partial charge in [0.05, 0.1) is 13.2 Å². The molecule has 0 aliphatic heterocycles. The number of unbranched alkanes of at least 4 members (excludes halogenated alkanes) is 2. The standard InChI is InChI=1S/C15H19NO/c1-3-4-5-6-13(11-12-16)14-7-9-15(17-2)10-8-14/h7-11H,3-6H2,1-2H3/b13-11-. The summed E-state index contributed by atoms with van der Waals surface area (Å²) in [5.74, 6) is 0.846. The summed E-state index contributed by atoms with van der Waals surface area (Å²) in [6.45, 7) is 2.18. The van der Waals surface area contributed by atoms with E-state index in [4.69, 9.17) is 10.00 Å². The van der Waals surface area contributed by atoms with E-state index in [1.54, 1.807) is 13.2 Å². The van der Waals surface area contributed by atoms with Crippen molar-refractivity contribution < 1.29 is 4.74 Å². The van der Waals surface area contributed by atoms with E-state index in [1.807, 2.05) is 24.3 Å². The Hall–Kier alpha value is -1.75. The Morgan fingerprint density at radius 1 is 1.29 bits per heavy atom. The number of benzene rings is 1. The predicted molar refractivity (Wildman–Crippen MR) is 70.7 cm³/mol. The number of rotatable bonds is 6. The molecular formula is C15H19NO. The maximum absolute atomic E-state index is 8.80. The van der Waals surface area contributed by atoms with Crippen LogP contribution in [0.15, 0.2) is 30.3 Å². The number of nitriles is 1. The molecule has 0 fully saturated rings. The summed E-state index contributed by atoms with van der Waals surface area (Å²) in [6.07, 6.45) is 6.16. The molecule has 0 spiro atoms. The summed E-state index contributed by atoms with van der Waals surface area (Å²) in [5.41, 5.74) is 2.23. The number of allylic oxidation sites excluding steroid dienone is 2. The molecule has 2 heteroatoms. The van der Waals surface area contributed by atoms with Gasteiger partial charge < -0.3 is 4.74 Å². The highest BCUT2D eigenvalue weighted by molar-refractivity contribution is 5.68. The van der Waals surface area contributed by atoms with Gasteiger partial charge in [-0.05, 0) is 36.1 Å². The minimum atomic E-state index is 0.846. The SMILES string of the molecule is CCCCC/C(=C/C#N)c1ccc(OC)cc1. The molecular weight excluding hydrogens is 210 g/mol. The number of methoxy groups -OCH3 is 1. The van der Waals surface area contributed by atoms with Gasteiger partial charge in [0, 0.05) is 6.08 Å². The molecule has 0 unspecified atom stereocenters. The number of ether oxygens (including phenoxy) is 1. The second-order valence-electron chi connectivity index (χ2n) is 3.98. The summed E-state index contributed by atoms with van der Waals surface area (Å²) in [4.78, 5) is 0. The van der Waals surface area contributed by atoms with Gasteiger partial charge >= 0.3 is 0 Å². The lowest BCUT2D eigenvalue weighted by molar-refractivity contribution is 0.415. The van der Waals surface area contributed by atoms with Crippen molar-refractivity contribution in [3.63, 3.8) is 0 Å². The largest absolute Gasteiger partial charge is 0.497 e. The third kappa shape index (κ3) is 4.32. The summed E-state index contributed by atoms with van der Waals surface area (Å²) in [6, 6.07) is 10.0. The summed E-state index contributed by atoms with van der Waals surface area (Å²) in [7, 11) is 1.66. The predicted octanol–water partition coefficient (Wildman–Crippen LogP) is 4.18. The van der Waals surface area contributed by atoms with E-state index < -0.39 is 0 Å². The Morgan fingerprint density at radius 3 is 2.53 bits per heavy atom. The second-order valence-corrected chi connectivity index (χ2v) is 3.98. The average molecular weight is 229 g/mol. The second kappa shape index (κ2) is 7.51. The summed E-state index contributed by atoms with van der Waals surface area (Å²) in [5, 5.41) is 8.80. The van der Waals surface area contributed by atoms with Crippen LogP contribution < -0.4 is 4.74 Å². The first kappa shape index (κ1) is 13.3. The van der Waals surface area contributed by atoms with Crippen molar-refractivity contribution in [1.82, 2.24) is 0 Å². The van der Waals surface area contributed by atoms with Crippen LogP contribution in [-0.4, -0.2) is 7.11 Å². The molecule has 0 aliphatic carbocycles. The van der Waals surface area contributed by atoms with Gasteiger partial charge in [0.15, 0.2) is 0 Å². The molecule has 0 aromatic heterocycles. The van der Waals surface area contributed by atoms with Crippen LogP contribution in [0.3, 0.4) is 0 Å². The Bertz CT molecular complexity index is 398. The van der Waals surface area contributed by atoms with E-state index in [-0.39, 0.29) is 0 Å². The Labute approximate surface area is 104 Å². The zero-order valence-electron chi connectivity index (χ0n) is 10.6. The monoisotopic (exact) mass is 229 g/mol. The molecule has 0 radical (unpaired) electrons. The van der Waals surface area contributed by atoms with E-state index in [1.165, 1.54) is 12.8 Å². The molecule has 0 amide bonds. The first-order valence-electron chi connectivity index (χ1n) is 6.05. The maximum atomic E-state index is 8.80. The van der Waals surface area contributed by atoms with Crippen molar-refractivity contribution in [3.8, 4) is 11.8 Å². The molecule has 1 rings (SSSR count). The van der Waals surface area contributed by atoms with Gasteiger partial charge in [-0.2, -0.15) is 5.26 Å². The highest BCUT2D eigenvalue weighted by Crippen LogP contribution is 2.23. The highest BCUT2D eigenvalue weighted by Gasteiger charge is 2.02. The molecule has 1 aromatic rings. The van der Waals surface area contributed by atoms with Crippen molar-refractivity contribution in [1.29, 1.82) is 5.26 Å². The topological polar surface area (TPSA) is 33.0 Å². The third-order valence-electron chi connectivity index (χ3n) is 2.75. The lowest BCUT2D eigenvalue weighted by atomic mass is 9.99. The Morgan fingerprint density at radius 2 is 2.00 bits per heavy atom. The van der Waals surface area contributed by atoms with E-state index in [2.05, 4.69) is 13.0 Å². The van der Waals surface area contributed by atoms with Gasteiger partial charge in [0.1, 0.15) is 5.75 Å². The molecule has 90 valence electrons. The zero-order chi connectivity index (χ0) is 12.5. The quantitative estimate of drug-likeness (QED) is 0.541. The normalized spacial score (nSPS) is 11.0. The van der Waals surface area contributed by atoms with E-state index in [0.29, 0.717) is 0 Å². The first-order chi connectivity index (χ1) is 8.31. The molecule has 0 heterocycles. The summed E-state index contributed by atoms with van der Waals surface area (Å²) >= 11 is 0. The molecule has 0 bridgehead atoms. The van der Waals surface area contributed by atoms with Gasteiger partial charge in [-0.3, -0.25) is 0 Å². The Kier molecular flexibility index (Phi) is 5.88. The van der Waals surface area contributed by atoms with E-state index in [9.17, 15) is 0 Å². The van der Waals surface area contributed by atoms with Gasteiger partial charge in [0.25, 0.3) is 0 Å². The molecule has 0 aliphatic rings. The van der Waals surface area contributed by atoms with Gasteiger partial charge in [-0.25, -0.2) is 0 Å². The van der Waals surface area contributed by atoms with Crippen LogP contribution in [-0.2, 0) is 0 Å². The lowest BCUT2D eigenvalue weighted by Gasteiger charge is -2.07. The van der Waals surface area contributed by atoms with Crippen LogP contribution >= 0.6 is 0 Å². The van der Waals surface area contributed by atoms with Crippen LogP contribution in [0.2, 0.25) is 0 Å². The number of hydrogen-bond donors (Lipinski definition) is 0. The van der Waals surface area contributed by atoms with Crippen molar-refractivity contribution in [2.24, 2.45) is 0 Å². The molecule has 0 atom stereocenters. The third-order valence-corrected chi connectivity index (χ3v) is 2.75. The maximum Gasteiger partial charge on any atom is 0.118 e. The molecule has 1 aromatic carbocycles. The van der Waals surface area contributed by atoms with Gasteiger partial charge in [0.2, 0.25) is 0 Å². The minimum Gasteiger partial charge on any atom is -0.497 e. The van der Waals surface area contributed by atoms with Crippen molar-refractivity contribution >= 4 is 5.57 Å². The number of nitrogens with zero attached hydrogens (tertiary/aromatic N) is 1. The smallest absolute Gasteiger partial charge is 0.118 e. The van der Waals surface area contributed by atoms with Gasteiger partial charge in [-0.15, -0.1) is 0 Å². The zero-order valence-corrected chi connectivity index (χ0v) is 10.6. The average Bonchev–Trinajstić information content (AvgIpc) is 2.38. The fraction of sp³-hybridized carbons (Fsp3) is 0.400. The van der Waals surface area contributed by atoms with Crippen LogP contribution in [0.5, 0.6) is 5.75 Å². The minimum absolute atomic E-state index is 0.846. The van der Waals surface area contributed by atoms with Crippen molar-refractivity contribution in [2.75, 3.05) is 7.11 Å². The fourth-order valence-corrected chi connectivity index (χ4v) is 1.75. The van der Waals surface area contributed by atoms with Crippen molar-refractivity contribution in [3.05, 3.63) is 35.9 Å². The fourth-order valence-electron chi connectivity index (χ4n) is 1.75. The number of hydrogen-bond acceptors (Lipinski definition) is 2. The highest BCUT2D eigenvalue weighted by atomic mass is 16.5. The summed E-state index contributed by atoms with van der Waals surface area (Å²) < 4.78 is 5.12. The van der Waals surface area contributed by atoms with E-state index in [0.717, 1.165) is 29.7 Å². The van der Waals surface area contributed by atoms with Crippen LogP contribution in [0.1, 0.15) is 38.2 Å². The van der Waals surface area contributed by atoms with Crippen LogP contribution in [0, 0.1) is 11.3 Å². The van der Waals surface area contributed by atoms with E-state index >= 15 is 0 Å².